The monoisotopic (exact) mass is 269 g/mol. The molecule has 18 heavy (non-hydrogen) atoms. The number of nitrogens with one attached hydrogen (secondary N) is 2. The third-order valence-corrected chi connectivity index (χ3v) is 4.67. The minimum absolute atomic E-state index is 0.0929. The van der Waals surface area contributed by atoms with Gasteiger partial charge >= 0.3 is 0 Å². The van der Waals surface area contributed by atoms with E-state index in [0.29, 0.717) is 18.2 Å². The Morgan fingerprint density at radius 2 is 2.06 bits per heavy atom. The van der Waals surface area contributed by atoms with Crippen LogP contribution in [-0.2, 0) is 10.0 Å². The van der Waals surface area contributed by atoms with Crippen molar-refractivity contribution in [1.82, 2.24) is 4.72 Å². The van der Waals surface area contributed by atoms with E-state index in [1.807, 2.05) is 0 Å². The van der Waals surface area contributed by atoms with E-state index in [1.54, 1.807) is 24.3 Å². The van der Waals surface area contributed by atoms with Gasteiger partial charge in [0, 0.05) is 12.6 Å². The largest absolute Gasteiger partial charge is 0.382 e. The van der Waals surface area contributed by atoms with E-state index in [9.17, 15) is 8.42 Å². The Hall–Kier alpha value is -1.11. The average molecular weight is 269 g/mol. The van der Waals surface area contributed by atoms with Crippen LogP contribution in [0.1, 0.15) is 12.8 Å². The van der Waals surface area contributed by atoms with E-state index in [0.717, 1.165) is 0 Å². The summed E-state index contributed by atoms with van der Waals surface area (Å²) in [5.74, 6) is 0.588. The molecule has 1 aliphatic rings. The summed E-state index contributed by atoms with van der Waals surface area (Å²) in [6, 6.07) is 6.94. The first kappa shape index (κ1) is 13.3. The van der Waals surface area contributed by atoms with Crippen LogP contribution in [0.4, 0.5) is 5.69 Å². The second-order valence-electron chi connectivity index (χ2n) is 4.59. The van der Waals surface area contributed by atoms with Crippen LogP contribution >= 0.6 is 0 Å². The summed E-state index contributed by atoms with van der Waals surface area (Å²) in [5, 5.41) is 3.13. The van der Waals surface area contributed by atoms with E-state index in [4.69, 9.17) is 5.73 Å². The predicted molar refractivity (Wildman–Crippen MR) is 71.9 cm³/mol. The zero-order chi connectivity index (χ0) is 13.2. The summed E-state index contributed by atoms with van der Waals surface area (Å²) < 4.78 is 26.0. The van der Waals surface area contributed by atoms with E-state index in [1.165, 1.54) is 19.9 Å². The Balaban J connectivity index is 2.12. The molecular weight excluding hydrogens is 250 g/mol. The summed E-state index contributed by atoms with van der Waals surface area (Å²) in [6.45, 7) is 0.598. The van der Waals surface area contributed by atoms with Crippen molar-refractivity contribution in [3.8, 4) is 0 Å². The number of benzene rings is 1. The Bertz CT molecular complexity index is 512. The van der Waals surface area contributed by atoms with Crippen LogP contribution in [0.3, 0.4) is 0 Å². The lowest BCUT2D eigenvalue weighted by molar-refractivity contribution is 0.588. The molecule has 0 aromatic heterocycles. The molecule has 1 aromatic rings. The Morgan fingerprint density at radius 1 is 1.39 bits per heavy atom. The summed E-state index contributed by atoms with van der Waals surface area (Å²) >= 11 is 0. The van der Waals surface area contributed by atoms with Gasteiger partial charge in [-0.3, -0.25) is 0 Å². The van der Waals surface area contributed by atoms with Gasteiger partial charge in [-0.2, -0.15) is 0 Å². The zero-order valence-corrected chi connectivity index (χ0v) is 11.2. The normalized spacial score (nSPS) is 17.4. The molecule has 1 saturated carbocycles. The molecule has 0 spiro atoms. The van der Waals surface area contributed by atoms with Crippen molar-refractivity contribution in [3.63, 3.8) is 0 Å². The number of nitrogens with two attached hydrogens (primary N) is 1. The average Bonchev–Trinajstić information content (AvgIpc) is 3.20. The molecule has 4 N–H and O–H groups in total. The minimum atomic E-state index is -3.43. The van der Waals surface area contributed by atoms with Gasteiger partial charge in [0.2, 0.25) is 10.0 Å². The maximum atomic E-state index is 11.8. The van der Waals surface area contributed by atoms with Gasteiger partial charge in [0.25, 0.3) is 0 Å². The topological polar surface area (TPSA) is 84.2 Å². The molecule has 100 valence electrons. The van der Waals surface area contributed by atoms with Gasteiger partial charge in [-0.25, -0.2) is 13.1 Å². The Labute approximate surface area is 108 Å². The standard InChI is InChI=1S/C12H19N3O2S/c1-14-18(16,17)12-5-3-2-4-11(12)15-8-10(13)9-6-7-9/h2-5,9-10,14-15H,6-8,13H2,1H3. The molecule has 5 nitrogen and oxygen atoms in total. The first-order valence-electron chi connectivity index (χ1n) is 6.06. The fraction of sp³-hybridized carbons (Fsp3) is 0.500. The third kappa shape index (κ3) is 3.01. The summed E-state index contributed by atoms with van der Waals surface area (Å²) in [7, 11) is -2.03. The van der Waals surface area contributed by atoms with Crippen molar-refractivity contribution in [3.05, 3.63) is 24.3 Å². The van der Waals surface area contributed by atoms with Gasteiger partial charge < -0.3 is 11.1 Å². The first-order chi connectivity index (χ1) is 8.54. The second-order valence-corrected chi connectivity index (χ2v) is 6.44. The maximum Gasteiger partial charge on any atom is 0.242 e. The van der Waals surface area contributed by atoms with Crippen LogP contribution in [-0.4, -0.2) is 28.1 Å². The molecule has 2 rings (SSSR count). The van der Waals surface area contributed by atoms with Crippen LogP contribution < -0.4 is 15.8 Å². The fourth-order valence-electron chi connectivity index (χ4n) is 1.88. The van der Waals surface area contributed by atoms with Crippen molar-refractivity contribution in [2.24, 2.45) is 11.7 Å². The lowest BCUT2D eigenvalue weighted by atomic mass is 10.2. The number of anilines is 1. The first-order valence-corrected chi connectivity index (χ1v) is 7.55. The quantitative estimate of drug-likeness (QED) is 0.711. The van der Waals surface area contributed by atoms with Crippen molar-refractivity contribution in [2.75, 3.05) is 18.9 Å². The lowest BCUT2D eigenvalue weighted by Crippen LogP contribution is -2.31. The fourth-order valence-corrected chi connectivity index (χ4v) is 2.78. The van der Waals surface area contributed by atoms with E-state index < -0.39 is 10.0 Å². The molecule has 0 aliphatic heterocycles. The molecule has 0 heterocycles. The molecule has 1 aliphatic carbocycles. The van der Waals surface area contributed by atoms with Crippen LogP contribution in [0.25, 0.3) is 0 Å². The molecular formula is C12H19N3O2S. The second kappa shape index (κ2) is 5.26. The highest BCUT2D eigenvalue weighted by molar-refractivity contribution is 7.89. The van der Waals surface area contributed by atoms with Crippen molar-refractivity contribution >= 4 is 15.7 Å². The number of hydrogen-bond donors (Lipinski definition) is 3. The number of rotatable bonds is 6. The highest BCUT2D eigenvalue weighted by atomic mass is 32.2. The van der Waals surface area contributed by atoms with Gasteiger partial charge in [-0.15, -0.1) is 0 Å². The van der Waals surface area contributed by atoms with Crippen LogP contribution in [0.2, 0.25) is 0 Å². The number of sulfonamides is 1. The molecule has 1 aromatic carbocycles. The van der Waals surface area contributed by atoms with Crippen molar-refractivity contribution < 1.29 is 8.42 Å². The smallest absolute Gasteiger partial charge is 0.242 e. The van der Waals surface area contributed by atoms with Gasteiger partial charge in [0.15, 0.2) is 0 Å². The number of para-hydroxylation sites is 1. The molecule has 6 heteroatoms. The van der Waals surface area contributed by atoms with Gasteiger partial charge in [0.05, 0.1) is 5.69 Å². The van der Waals surface area contributed by atoms with Gasteiger partial charge in [0.1, 0.15) is 4.90 Å². The van der Waals surface area contributed by atoms with Crippen LogP contribution in [0, 0.1) is 5.92 Å². The van der Waals surface area contributed by atoms with E-state index >= 15 is 0 Å². The lowest BCUT2D eigenvalue weighted by Gasteiger charge is -2.15. The molecule has 0 bridgehead atoms. The molecule has 1 unspecified atom stereocenters. The van der Waals surface area contributed by atoms with Gasteiger partial charge in [-0.1, -0.05) is 12.1 Å². The molecule has 0 radical (unpaired) electrons. The molecule has 0 amide bonds. The number of hydrogen-bond acceptors (Lipinski definition) is 4. The van der Waals surface area contributed by atoms with E-state index in [-0.39, 0.29) is 10.9 Å². The molecule has 1 atom stereocenters. The zero-order valence-electron chi connectivity index (χ0n) is 10.4. The van der Waals surface area contributed by atoms with Crippen LogP contribution in [0.5, 0.6) is 0 Å². The maximum absolute atomic E-state index is 11.8. The SMILES string of the molecule is CNS(=O)(=O)c1ccccc1NCC(N)C1CC1. The van der Waals surface area contributed by atoms with Gasteiger partial charge in [-0.05, 0) is 37.9 Å². The highest BCUT2D eigenvalue weighted by Gasteiger charge is 2.28. The summed E-state index contributed by atoms with van der Waals surface area (Å²) in [6.07, 6.45) is 2.36. The molecule has 0 saturated heterocycles. The van der Waals surface area contributed by atoms with Crippen molar-refractivity contribution in [1.29, 1.82) is 0 Å². The van der Waals surface area contributed by atoms with E-state index in [2.05, 4.69) is 10.0 Å². The predicted octanol–water partition coefficient (Wildman–Crippen LogP) is 0.744. The highest BCUT2D eigenvalue weighted by Crippen LogP contribution is 2.31. The summed E-state index contributed by atoms with van der Waals surface area (Å²) in [5.41, 5.74) is 6.59. The minimum Gasteiger partial charge on any atom is -0.382 e. The Morgan fingerprint density at radius 3 is 2.67 bits per heavy atom. The molecule has 1 fully saturated rings. The Kier molecular flexibility index (Phi) is 3.89. The van der Waals surface area contributed by atoms with Crippen molar-refractivity contribution in [2.45, 2.75) is 23.8 Å². The van der Waals surface area contributed by atoms with Crippen LogP contribution in [0.15, 0.2) is 29.2 Å². The third-order valence-electron chi connectivity index (χ3n) is 3.20. The summed E-state index contributed by atoms with van der Waals surface area (Å²) in [4.78, 5) is 0.260.